The second kappa shape index (κ2) is 11.8. The molecular weight excluding hydrogens is 338 g/mol. The normalized spacial score (nSPS) is 18.8. The van der Waals surface area contributed by atoms with E-state index in [1.54, 1.807) is 12.1 Å². The van der Waals surface area contributed by atoms with Crippen LogP contribution in [0.15, 0.2) is 35.3 Å². The van der Waals surface area contributed by atoms with Gasteiger partial charge in [0.15, 0.2) is 5.90 Å². The highest BCUT2D eigenvalue weighted by molar-refractivity contribution is 5.89. The first-order valence-corrected chi connectivity index (χ1v) is 10.6. The number of hydrogen-bond donors (Lipinski definition) is 0. The third-order valence-corrected chi connectivity index (χ3v) is 4.96. The van der Waals surface area contributed by atoms with Crippen LogP contribution in [0.3, 0.4) is 0 Å². The molecule has 1 heterocycles. The van der Waals surface area contributed by atoms with Crippen molar-refractivity contribution in [2.75, 3.05) is 13.2 Å². The molecular formula is C23H35NO3. The maximum absolute atomic E-state index is 12.1. The van der Waals surface area contributed by atoms with Crippen molar-refractivity contribution in [3.8, 4) is 0 Å². The van der Waals surface area contributed by atoms with Gasteiger partial charge in [0, 0.05) is 6.42 Å². The maximum Gasteiger partial charge on any atom is 0.338 e. The van der Waals surface area contributed by atoms with Crippen LogP contribution in [-0.2, 0) is 9.47 Å². The average Bonchev–Trinajstić information content (AvgIpc) is 3.07. The summed E-state index contributed by atoms with van der Waals surface area (Å²) >= 11 is 0. The molecule has 0 spiro atoms. The van der Waals surface area contributed by atoms with E-state index in [4.69, 9.17) is 9.47 Å². The molecule has 0 fully saturated rings. The Bertz CT molecular complexity index is 585. The Balaban J connectivity index is 1.60. The molecule has 4 heteroatoms. The zero-order chi connectivity index (χ0) is 19.4. The topological polar surface area (TPSA) is 47.9 Å². The van der Waals surface area contributed by atoms with Crippen molar-refractivity contribution in [2.45, 2.75) is 83.6 Å². The summed E-state index contributed by atoms with van der Waals surface area (Å²) in [4.78, 5) is 16.7. The molecule has 150 valence electrons. The number of unbranched alkanes of at least 4 members (excludes halogenated alkanes) is 8. The van der Waals surface area contributed by atoms with Gasteiger partial charge in [0.2, 0.25) is 0 Å². The molecule has 1 aromatic carbocycles. The lowest BCUT2D eigenvalue weighted by Gasteiger charge is -2.17. The van der Waals surface area contributed by atoms with Crippen LogP contribution in [0.5, 0.6) is 0 Å². The molecule has 0 aromatic heterocycles. The summed E-state index contributed by atoms with van der Waals surface area (Å²) in [6, 6.07) is 9.06. The third kappa shape index (κ3) is 8.15. The van der Waals surface area contributed by atoms with Gasteiger partial charge in [-0.15, -0.1) is 0 Å². The average molecular weight is 374 g/mol. The van der Waals surface area contributed by atoms with Crippen molar-refractivity contribution in [2.24, 2.45) is 4.99 Å². The predicted molar refractivity (Wildman–Crippen MR) is 110 cm³/mol. The predicted octanol–water partition coefficient (Wildman–Crippen LogP) is 5.95. The first-order valence-electron chi connectivity index (χ1n) is 10.6. The van der Waals surface area contributed by atoms with Crippen LogP contribution in [0.25, 0.3) is 0 Å². The summed E-state index contributed by atoms with van der Waals surface area (Å²) in [5.41, 5.74) is 0.109. The summed E-state index contributed by atoms with van der Waals surface area (Å²) in [5.74, 6) is 0.510. The fourth-order valence-corrected chi connectivity index (χ4v) is 3.27. The molecule has 0 amide bonds. The molecule has 27 heavy (non-hydrogen) atoms. The van der Waals surface area contributed by atoms with Gasteiger partial charge in [-0.25, -0.2) is 9.79 Å². The molecule has 0 saturated heterocycles. The molecule has 1 aliphatic heterocycles. The second-order valence-corrected chi connectivity index (χ2v) is 7.81. The Hall–Kier alpha value is -1.84. The largest absolute Gasteiger partial charge is 0.478 e. The minimum Gasteiger partial charge on any atom is -0.478 e. The van der Waals surface area contributed by atoms with Crippen molar-refractivity contribution >= 4 is 11.9 Å². The zero-order valence-corrected chi connectivity index (χ0v) is 17.0. The highest BCUT2D eigenvalue weighted by Crippen LogP contribution is 2.22. The molecule has 1 aliphatic rings. The van der Waals surface area contributed by atoms with E-state index in [9.17, 15) is 4.79 Å². The van der Waals surface area contributed by atoms with Crippen LogP contribution in [0.2, 0.25) is 0 Å². The van der Waals surface area contributed by atoms with Crippen molar-refractivity contribution in [1.29, 1.82) is 0 Å². The van der Waals surface area contributed by atoms with E-state index in [-0.39, 0.29) is 12.6 Å². The van der Waals surface area contributed by atoms with Gasteiger partial charge in [-0.3, -0.25) is 0 Å². The van der Waals surface area contributed by atoms with Gasteiger partial charge in [-0.05, 0) is 25.5 Å². The molecule has 0 N–H and O–H groups in total. The molecule has 0 radical (unpaired) electrons. The van der Waals surface area contributed by atoms with Gasteiger partial charge in [0.05, 0.1) is 5.56 Å². The van der Waals surface area contributed by atoms with Gasteiger partial charge >= 0.3 is 5.97 Å². The van der Waals surface area contributed by atoms with Crippen molar-refractivity contribution < 1.29 is 14.3 Å². The Morgan fingerprint density at radius 2 is 1.67 bits per heavy atom. The van der Waals surface area contributed by atoms with Crippen molar-refractivity contribution in [3.05, 3.63) is 35.9 Å². The van der Waals surface area contributed by atoms with Crippen molar-refractivity contribution in [3.63, 3.8) is 0 Å². The molecule has 0 bridgehead atoms. The lowest BCUT2D eigenvalue weighted by Crippen LogP contribution is -2.31. The number of carbonyl (C=O) groups is 1. The molecule has 4 nitrogen and oxygen atoms in total. The number of benzene rings is 1. The molecule has 0 aliphatic carbocycles. The smallest absolute Gasteiger partial charge is 0.338 e. The van der Waals surface area contributed by atoms with Crippen LogP contribution in [0.4, 0.5) is 0 Å². The monoisotopic (exact) mass is 373 g/mol. The van der Waals surface area contributed by atoms with Crippen LogP contribution < -0.4 is 0 Å². The minimum atomic E-state index is -0.459. The summed E-state index contributed by atoms with van der Waals surface area (Å²) in [6.45, 7) is 4.98. The van der Waals surface area contributed by atoms with E-state index in [2.05, 4.69) is 11.9 Å². The number of hydrogen-bond acceptors (Lipinski definition) is 4. The van der Waals surface area contributed by atoms with E-state index in [0.29, 0.717) is 12.2 Å². The summed E-state index contributed by atoms with van der Waals surface area (Å²) in [5, 5.41) is 0. The van der Waals surface area contributed by atoms with Gasteiger partial charge in [-0.2, -0.15) is 0 Å². The van der Waals surface area contributed by atoms with Gasteiger partial charge in [0.1, 0.15) is 18.8 Å². The van der Waals surface area contributed by atoms with Crippen molar-refractivity contribution in [1.82, 2.24) is 0 Å². The van der Waals surface area contributed by atoms with Crippen LogP contribution in [-0.4, -0.2) is 30.6 Å². The van der Waals surface area contributed by atoms with E-state index in [1.165, 1.54) is 51.4 Å². The second-order valence-electron chi connectivity index (χ2n) is 7.81. The number of ether oxygens (including phenoxy) is 2. The Morgan fingerprint density at radius 1 is 1.04 bits per heavy atom. The molecule has 1 aromatic rings. The van der Waals surface area contributed by atoms with E-state index in [0.717, 1.165) is 18.7 Å². The summed E-state index contributed by atoms with van der Waals surface area (Å²) < 4.78 is 11.2. The molecule has 2 rings (SSSR count). The molecule has 0 saturated carbocycles. The van der Waals surface area contributed by atoms with Crippen LogP contribution in [0.1, 0.15) is 88.4 Å². The van der Waals surface area contributed by atoms with Gasteiger partial charge in [0.25, 0.3) is 0 Å². The number of aliphatic imine (C=N–C) groups is 1. The SMILES string of the molecule is CCCCCCCCCCCC1=N[C@](C)(COC(=O)c2ccccc2)CO1. The standard InChI is InChI=1S/C23H35NO3/c1-3-4-5-6-7-8-9-10-14-17-21-24-23(2,18-26-21)19-27-22(25)20-15-12-11-13-16-20/h11-13,15-16H,3-10,14,17-19H2,1-2H3/t23-/m0/s1. The minimum absolute atomic E-state index is 0.252. The lowest BCUT2D eigenvalue weighted by atomic mass is 10.1. The first-order chi connectivity index (χ1) is 13.1. The first kappa shape index (κ1) is 21.5. The van der Waals surface area contributed by atoms with E-state index in [1.807, 2.05) is 25.1 Å². The zero-order valence-electron chi connectivity index (χ0n) is 17.0. The quantitative estimate of drug-likeness (QED) is 0.317. The number of carbonyl (C=O) groups excluding carboxylic acids is 1. The highest BCUT2D eigenvalue weighted by Gasteiger charge is 2.33. The van der Waals surface area contributed by atoms with Gasteiger partial charge < -0.3 is 9.47 Å². The Morgan fingerprint density at radius 3 is 2.33 bits per heavy atom. The van der Waals surface area contributed by atoms with E-state index >= 15 is 0 Å². The molecule has 0 unspecified atom stereocenters. The lowest BCUT2D eigenvalue weighted by molar-refractivity contribution is 0.0399. The molecule has 1 atom stereocenters. The maximum atomic E-state index is 12.1. The van der Waals surface area contributed by atoms with Gasteiger partial charge in [-0.1, -0.05) is 76.5 Å². The van der Waals surface area contributed by atoms with E-state index < -0.39 is 5.54 Å². The fraction of sp³-hybridized carbons (Fsp3) is 0.652. The summed E-state index contributed by atoms with van der Waals surface area (Å²) in [7, 11) is 0. The summed E-state index contributed by atoms with van der Waals surface area (Å²) in [6.07, 6.45) is 12.7. The number of rotatable bonds is 13. The Kier molecular flexibility index (Phi) is 9.37. The third-order valence-electron chi connectivity index (χ3n) is 4.96. The Labute approximate surface area is 164 Å². The highest BCUT2D eigenvalue weighted by atomic mass is 16.5. The number of esters is 1. The number of nitrogens with zero attached hydrogens (tertiary/aromatic N) is 1. The van der Waals surface area contributed by atoms with Crippen LogP contribution >= 0.6 is 0 Å². The van der Waals surface area contributed by atoms with Crippen LogP contribution in [0, 0.1) is 0 Å². The fourth-order valence-electron chi connectivity index (χ4n) is 3.27.